The van der Waals surface area contributed by atoms with Crippen LogP contribution in [0.2, 0.25) is 0 Å². The number of hydrogen-bond donors (Lipinski definition) is 1. The predicted octanol–water partition coefficient (Wildman–Crippen LogP) is 2.39. The quantitative estimate of drug-likeness (QED) is 0.844. The third kappa shape index (κ3) is 2.53. The van der Waals surface area contributed by atoms with E-state index in [1.807, 2.05) is 7.05 Å². The molecule has 1 N–H and O–H groups in total. The molecule has 1 aliphatic heterocycles. The Labute approximate surface area is 96.5 Å². The minimum Gasteiger partial charge on any atom is -0.371 e. The molecular formula is C13H19FN2. The molecule has 1 atom stereocenters. The van der Waals surface area contributed by atoms with Crippen LogP contribution in [-0.4, -0.2) is 20.1 Å². The minimum atomic E-state index is -0.137. The standard InChI is InChI=1S/C13H19FN2/c1-10-3-4-16(9-10)13-6-11(8-15-2)5-12(14)7-13/h5-7,10,15H,3-4,8-9H2,1-2H3. The molecule has 2 rings (SSSR count). The molecule has 0 saturated carbocycles. The van der Waals surface area contributed by atoms with E-state index in [4.69, 9.17) is 0 Å². The summed E-state index contributed by atoms with van der Waals surface area (Å²) < 4.78 is 13.4. The fraction of sp³-hybridized carbons (Fsp3) is 0.538. The van der Waals surface area contributed by atoms with E-state index in [1.54, 1.807) is 12.1 Å². The molecular weight excluding hydrogens is 203 g/mol. The van der Waals surface area contributed by atoms with E-state index in [2.05, 4.69) is 23.2 Å². The van der Waals surface area contributed by atoms with Gasteiger partial charge in [0, 0.05) is 25.3 Å². The van der Waals surface area contributed by atoms with Crippen LogP contribution in [0, 0.1) is 11.7 Å². The fourth-order valence-electron chi connectivity index (χ4n) is 2.29. The highest BCUT2D eigenvalue weighted by atomic mass is 19.1. The van der Waals surface area contributed by atoms with E-state index in [-0.39, 0.29) is 5.82 Å². The second-order valence-electron chi connectivity index (χ2n) is 4.69. The van der Waals surface area contributed by atoms with Crippen LogP contribution in [0.15, 0.2) is 18.2 Å². The number of hydrogen-bond acceptors (Lipinski definition) is 2. The van der Waals surface area contributed by atoms with Crippen LogP contribution < -0.4 is 10.2 Å². The molecule has 1 aromatic rings. The maximum absolute atomic E-state index is 13.4. The maximum atomic E-state index is 13.4. The van der Waals surface area contributed by atoms with E-state index in [0.29, 0.717) is 6.54 Å². The molecule has 1 heterocycles. The van der Waals surface area contributed by atoms with Gasteiger partial charge in [0.15, 0.2) is 0 Å². The molecule has 0 aromatic heterocycles. The van der Waals surface area contributed by atoms with Gasteiger partial charge in [0.25, 0.3) is 0 Å². The Morgan fingerprint density at radius 3 is 2.88 bits per heavy atom. The van der Waals surface area contributed by atoms with Crippen molar-refractivity contribution in [1.29, 1.82) is 0 Å². The molecule has 1 saturated heterocycles. The first-order chi connectivity index (χ1) is 7.69. The van der Waals surface area contributed by atoms with Gasteiger partial charge in [-0.15, -0.1) is 0 Å². The van der Waals surface area contributed by atoms with Crippen molar-refractivity contribution in [3.8, 4) is 0 Å². The van der Waals surface area contributed by atoms with Crippen molar-refractivity contribution in [2.45, 2.75) is 19.9 Å². The molecule has 88 valence electrons. The number of nitrogens with zero attached hydrogens (tertiary/aromatic N) is 1. The van der Waals surface area contributed by atoms with Crippen LogP contribution in [0.25, 0.3) is 0 Å². The van der Waals surface area contributed by atoms with Crippen molar-refractivity contribution in [3.05, 3.63) is 29.6 Å². The molecule has 0 bridgehead atoms. The van der Waals surface area contributed by atoms with E-state index in [0.717, 1.165) is 30.3 Å². The molecule has 1 aromatic carbocycles. The van der Waals surface area contributed by atoms with Crippen molar-refractivity contribution in [1.82, 2.24) is 5.32 Å². The second kappa shape index (κ2) is 4.83. The van der Waals surface area contributed by atoms with E-state index < -0.39 is 0 Å². The summed E-state index contributed by atoms with van der Waals surface area (Å²) in [5.74, 6) is 0.582. The summed E-state index contributed by atoms with van der Waals surface area (Å²) in [6.45, 7) is 5.05. The number of halogens is 1. The van der Waals surface area contributed by atoms with Gasteiger partial charge in [-0.3, -0.25) is 0 Å². The minimum absolute atomic E-state index is 0.137. The molecule has 0 radical (unpaired) electrons. The van der Waals surface area contributed by atoms with Crippen LogP contribution in [0.3, 0.4) is 0 Å². The molecule has 16 heavy (non-hydrogen) atoms. The van der Waals surface area contributed by atoms with Crippen LogP contribution in [0.4, 0.5) is 10.1 Å². The molecule has 3 heteroatoms. The highest BCUT2D eigenvalue weighted by molar-refractivity contribution is 5.50. The molecule has 2 nitrogen and oxygen atoms in total. The van der Waals surface area contributed by atoms with Crippen LogP contribution in [0.1, 0.15) is 18.9 Å². The highest BCUT2D eigenvalue weighted by Gasteiger charge is 2.19. The average Bonchev–Trinajstić information content (AvgIpc) is 2.64. The average molecular weight is 222 g/mol. The summed E-state index contributed by atoms with van der Waals surface area (Å²) >= 11 is 0. The molecule has 1 unspecified atom stereocenters. The third-order valence-corrected chi connectivity index (χ3v) is 3.11. The number of benzene rings is 1. The Bertz CT molecular complexity index is 365. The Morgan fingerprint density at radius 1 is 1.44 bits per heavy atom. The topological polar surface area (TPSA) is 15.3 Å². The van der Waals surface area contributed by atoms with Gasteiger partial charge in [0.2, 0.25) is 0 Å². The number of rotatable bonds is 3. The Morgan fingerprint density at radius 2 is 2.25 bits per heavy atom. The first-order valence-corrected chi connectivity index (χ1v) is 5.88. The summed E-state index contributed by atoms with van der Waals surface area (Å²) in [4.78, 5) is 2.27. The smallest absolute Gasteiger partial charge is 0.125 e. The van der Waals surface area contributed by atoms with Gasteiger partial charge in [-0.2, -0.15) is 0 Å². The summed E-state index contributed by atoms with van der Waals surface area (Å²) in [6.07, 6.45) is 1.21. The first-order valence-electron chi connectivity index (χ1n) is 5.88. The van der Waals surface area contributed by atoms with Gasteiger partial charge in [-0.25, -0.2) is 4.39 Å². The normalized spacial score (nSPS) is 20.4. The van der Waals surface area contributed by atoms with Crippen LogP contribution in [-0.2, 0) is 6.54 Å². The summed E-state index contributed by atoms with van der Waals surface area (Å²) in [7, 11) is 1.88. The zero-order valence-electron chi connectivity index (χ0n) is 9.96. The number of nitrogens with one attached hydrogen (secondary N) is 1. The van der Waals surface area contributed by atoms with Gasteiger partial charge in [0.05, 0.1) is 0 Å². The molecule has 0 spiro atoms. The van der Waals surface area contributed by atoms with E-state index in [1.165, 1.54) is 6.42 Å². The zero-order chi connectivity index (χ0) is 11.5. The Balaban J connectivity index is 2.20. The lowest BCUT2D eigenvalue weighted by atomic mass is 10.1. The van der Waals surface area contributed by atoms with Crippen molar-refractivity contribution in [3.63, 3.8) is 0 Å². The van der Waals surface area contributed by atoms with Gasteiger partial charge in [-0.1, -0.05) is 6.92 Å². The largest absolute Gasteiger partial charge is 0.371 e. The lowest BCUT2D eigenvalue weighted by Gasteiger charge is -2.19. The molecule has 0 amide bonds. The van der Waals surface area contributed by atoms with Crippen LogP contribution in [0.5, 0.6) is 0 Å². The SMILES string of the molecule is CNCc1cc(F)cc(N2CCC(C)C2)c1. The fourth-order valence-corrected chi connectivity index (χ4v) is 2.29. The van der Waals surface area contributed by atoms with Crippen molar-refractivity contribution >= 4 is 5.69 Å². The van der Waals surface area contributed by atoms with Gasteiger partial charge in [-0.05, 0) is 43.1 Å². The second-order valence-corrected chi connectivity index (χ2v) is 4.69. The Hall–Kier alpha value is -1.09. The van der Waals surface area contributed by atoms with Crippen LogP contribution >= 0.6 is 0 Å². The van der Waals surface area contributed by atoms with E-state index >= 15 is 0 Å². The predicted molar refractivity (Wildman–Crippen MR) is 65.2 cm³/mol. The third-order valence-electron chi connectivity index (χ3n) is 3.11. The summed E-state index contributed by atoms with van der Waals surface area (Å²) in [5.41, 5.74) is 2.03. The zero-order valence-corrected chi connectivity index (χ0v) is 9.96. The monoisotopic (exact) mass is 222 g/mol. The van der Waals surface area contributed by atoms with E-state index in [9.17, 15) is 4.39 Å². The highest BCUT2D eigenvalue weighted by Crippen LogP contribution is 2.25. The van der Waals surface area contributed by atoms with Crippen molar-refractivity contribution in [2.24, 2.45) is 5.92 Å². The summed E-state index contributed by atoms with van der Waals surface area (Å²) in [5, 5.41) is 3.05. The molecule has 0 aliphatic carbocycles. The maximum Gasteiger partial charge on any atom is 0.125 e. The summed E-state index contributed by atoms with van der Waals surface area (Å²) in [6, 6.07) is 5.31. The molecule has 1 fully saturated rings. The lowest BCUT2D eigenvalue weighted by Crippen LogP contribution is -2.19. The Kier molecular flexibility index (Phi) is 3.44. The van der Waals surface area contributed by atoms with Gasteiger partial charge in [0.1, 0.15) is 5.82 Å². The van der Waals surface area contributed by atoms with Gasteiger partial charge < -0.3 is 10.2 Å². The number of anilines is 1. The van der Waals surface area contributed by atoms with Crippen molar-refractivity contribution < 1.29 is 4.39 Å². The first kappa shape index (κ1) is 11.4. The van der Waals surface area contributed by atoms with Crippen molar-refractivity contribution in [2.75, 3.05) is 25.0 Å². The van der Waals surface area contributed by atoms with Gasteiger partial charge >= 0.3 is 0 Å². The molecule has 1 aliphatic rings. The lowest BCUT2D eigenvalue weighted by molar-refractivity contribution is 0.622.